The molecule has 1 atom stereocenters. The Balaban J connectivity index is 0. The van der Waals surface area contributed by atoms with Crippen LogP contribution < -0.4 is 5.73 Å². The van der Waals surface area contributed by atoms with Gasteiger partial charge in [-0.1, -0.05) is 0 Å². The molecule has 0 aromatic heterocycles. The second-order valence-corrected chi connectivity index (χ2v) is 2.71. The van der Waals surface area contributed by atoms with Crippen molar-refractivity contribution in [3.8, 4) is 0 Å². The Morgan fingerprint density at radius 1 is 1.80 bits per heavy atom. The summed E-state index contributed by atoms with van der Waals surface area (Å²) < 4.78 is 0. The van der Waals surface area contributed by atoms with Crippen molar-refractivity contribution in [1.29, 1.82) is 0 Å². The fourth-order valence-electron chi connectivity index (χ4n) is 0.368. The number of carboxylic acid groups (broad SMARTS) is 1. The van der Waals surface area contributed by atoms with Crippen LogP contribution in [0.3, 0.4) is 0 Å². The van der Waals surface area contributed by atoms with E-state index in [2.05, 4.69) is 0 Å². The molecule has 0 aromatic carbocycles. The molecule has 0 rings (SSSR count). The molecule has 0 saturated carbocycles. The molecule has 0 aromatic rings. The molecular formula is C5H11CuNO2S. The average molecular weight is 213 g/mol. The minimum absolute atomic E-state index is 0. The van der Waals surface area contributed by atoms with Crippen molar-refractivity contribution in [2.45, 2.75) is 12.5 Å². The summed E-state index contributed by atoms with van der Waals surface area (Å²) in [5, 5.41) is 8.27. The van der Waals surface area contributed by atoms with E-state index >= 15 is 0 Å². The molecule has 0 aliphatic rings. The second kappa shape index (κ2) is 7.41. The number of rotatable bonds is 4. The fourth-order valence-corrected chi connectivity index (χ4v) is 0.858. The Kier molecular flexibility index (Phi) is 9.58. The summed E-state index contributed by atoms with van der Waals surface area (Å²) in [6.45, 7) is 0. The van der Waals surface area contributed by atoms with Gasteiger partial charge in [-0.05, 0) is 18.4 Å². The van der Waals surface area contributed by atoms with Crippen molar-refractivity contribution in [3.63, 3.8) is 0 Å². The van der Waals surface area contributed by atoms with Gasteiger partial charge in [0.15, 0.2) is 0 Å². The fraction of sp³-hybridized carbons (Fsp3) is 0.800. The summed E-state index contributed by atoms with van der Waals surface area (Å²) in [6, 6.07) is -0.683. The van der Waals surface area contributed by atoms with Crippen molar-refractivity contribution in [1.82, 2.24) is 0 Å². The van der Waals surface area contributed by atoms with Crippen molar-refractivity contribution in [2.24, 2.45) is 5.73 Å². The topological polar surface area (TPSA) is 63.3 Å². The third kappa shape index (κ3) is 6.42. The first kappa shape index (κ1) is 12.9. The maximum atomic E-state index is 10.1. The predicted molar refractivity (Wildman–Crippen MR) is 38.6 cm³/mol. The van der Waals surface area contributed by atoms with Crippen LogP contribution in [0, 0.1) is 0 Å². The second-order valence-electron chi connectivity index (χ2n) is 1.73. The van der Waals surface area contributed by atoms with Gasteiger partial charge in [0.2, 0.25) is 0 Å². The summed E-state index contributed by atoms with van der Waals surface area (Å²) >= 11 is 1.60. The molecule has 1 unspecified atom stereocenters. The first-order valence-corrected chi connectivity index (χ1v) is 4.05. The molecule has 0 aliphatic carbocycles. The number of aliphatic carboxylic acids is 1. The minimum atomic E-state index is -0.913. The number of nitrogens with two attached hydrogens (primary N) is 1. The number of carboxylic acids is 1. The van der Waals surface area contributed by atoms with Gasteiger partial charge in [-0.3, -0.25) is 4.79 Å². The van der Waals surface area contributed by atoms with E-state index in [1.54, 1.807) is 11.8 Å². The van der Waals surface area contributed by atoms with E-state index < -0.39 is 12.0 Å². The molecule has 0 spiro atoms. The van der Waals surface area contributed by atoms with Crippen molar-refractivity contribution >= 4 is 17.7 Å². The van der Waals surface area contributed by atoms with E-state index in [4.69, 9.17) is 10.8 Å². The van der Waals surface area contributed by atoms with Crippen LogP contribution >= 0.6 is 11.8 Å². The molecule has 3 nitrogen and oxygen atoms in total. The smallest absolute Gasteiger partial charge is 0.320 e. The van der Waals surface area contributed by atoms with E-state index in [1.807, 2.05) is 6.26 Å². The molecule has 10 heavy (non-hydrogen) atoms. The largest absolute Gasteiger partial charge is 0.480 e. The third-order valence-electron chi connectivity index (χ3n) is 0.950. The third-order valence-corrected chi connectivity index (χ3v) is 1.59. The zero-order valence-electron chi connectivity index (χ0n) is 5.63. The molecule has 0 bridgehead atoms. The zero-order chi connectivity index (χ0) is 7.28. The molecule has 65 valence electrons. The first-order chi connectivity index (χ1) is 4.18. The Morgan fingerprint density at radius 2 is 2.30 bits per heavy atom. The molecular weight excluding hydrogens is 202 g/mol. The van der Waals surface area contributed by atoms with Gasteiger partial charge < -0.3 is 10.8 Å². The molecule has 5 heteroatoms. The molecule has 0 amide bonds. The van der Waals surface area contributed by atoms with Gasteiger partial charge in [0, 0.05) is 17.1 Å². The van der Waals surface area contributed by atoms with Crippen LogP contribution in [0.2, 0.25) is 0 Å². The van der Waals surface area contributed by atoms with E-state index in [0.29, 0.717) is 6.42 Å². The van der Waals surface area contributed by atoms with Crippen LogP contribution in [-0.4, -0.2) is 29.1 Å². The SMILES string of the molecule is CSCCC(N)C(=O)O.[Cu]. The standard InChI is InChI=1S/C5H11NO2S.Cu/c1-9-3-2-4(6)5(7)8;/h4H,2-3,6H2,1H3,(H,7,8);. The molecule has 0 aliphatic heterocycles. The maximum absolute atomic E-state index is 10.1. The van der Waals surface area contributed by atoms with E-state index in [-0.39, 0.29) is 17.1 Å². The molecule has 0 saturated heterocycles. The van der Waals surface area contributed by atoms with Crippen LogP contribution in [0.5, 0.6) is 0 Å². The van der Waals surface area contributed by atoms with Crippen molar-refractivity contribution < 1.29 is 27.0 Å². The number of carbonyl (C=O) groups is 1. The van der Waals surface area contributed by atoms with Crippen molar-refractivity contribution in [2.75, 3.05) is 12.0 Å². The van der Waals surface area contributed by atoms with E-state index in [0.717, 1.165) is 5.75 Å². The normalized spacial score (nSPS) is 11.8. The van der Waals surface area contributed by atoms with Gasteiger partial charge in [0.1, 0.15) is 6.04 Å². The zero-order valence-corrected chi connectivity index (χ0v) is 7.39. The maximum Gasteiger partial charge on any atom is 0.320 e. The number of hydrogen-bond acceptors (Lipinski definition) is 3. The van der Waals surface area contributed by atoms with Crippen LogP contribution in [0.4, 0.5) is 0 Å². The Morgan fingerprint density at radius 3 is 2.60 bits per heavy atom. The van der Waals surface area contributed by atoms with Gasteiger partial charge in [-0.15, -0.1) is 0 Å². The van der Waals surface area contributed by atoms with E-state index in [1.165, 1.54) is 0 Å². The Bertz CT molecular complexity index is 102. The van der Waals surface area contributed by atoms with Gasteiger partial charge >= 0.3 is 5.97 Å². The minimum Gasteiger partial charge on any atom is -0.480 e. The van der Waals surface area contributed by atoms with Gasteiger partial charge in [-0.2, -0.15) is 11.8 Å². The molecule has 3 N–H and O–H groups in total. The Labute approximate surface area is 75.2 Å². The average Bonchev–Trinajstić information content (AvgIpc) is 1.82. The van der Waals surface area contributed by atoms with Crippen LogP contribution in [0.15, 0.2) is 0 Å². The summed E-state index contributed by atoms with van der Waals surface area (Å²) in [5.74, 6) is -0.1000. The van der Waals surface area contributed by atoms with Crippen molar-refractivity contribution in [3.05, 3.63) is 0 Å². The monoisotopic (exact) mass is 212 g/mol. The van der Waals surface area contributed by atoms with Crippen LogP contribution in [0.1, 0.15) is 6.42 Å². The summed E-state index contributed by atoms with van der Waals surface area (Å²) in [5.41, 5.74) is 5.19. The summed E-state index contributed by atoms with van der Waals surface area (Å²) in [7, 11) is 0. The van der Waals surface area contributed by atoms with Crippen LogP contribution in [-0.2, 0) is 21.9 Å². The van der Waals surface area contributed by atoms with Crippen LogP contribution in [0.25, 0.3) is 0 Å². The summed E-state index contributed by atoms with van der Waals surface area (Å²) in [4.78, 5) is 10.1. The number of thioether (sulfide) groups is 1. The summed E-state index contributed by atoms with van der Waals surface area (Å²) in [6.07, 6.45) is 2.48. The quantitative estimate of drug-likeness (QED) is 0.652. The Hall–Kier alpha value is 0.299. The van der Waals surface area contributed by atoms with Gasteiger partial charge in [-0.25, -0.2) is 0 Å². The molecule has 0 heterocycles. The van der Waals surface area contributed by atoms with E-state index in [9.17, 15) is 4.79 Å². The predicted octanol–water partition coefficient (Wildman–Crippen LogP) is 0.149. The van der Waals surface area contributed by atoms with Gasteiger partial charge in [0.25, 0.3) is 0 Å². The first-order valence-electron chi connectivity index (χ1n) is 2.65. The van der Waals surface area contributed by atoms with Gasteiger partial charge in [0.05, 0.1) is 0 Å². The number of hydrogen-bond donors (Lipinski definition) is 2. The molecule has 1 radical (unpaired) electrons. The molecule has 0 fully saturated rings.